The van der Waals surface area contributed by atoms with Gasteiger partial charge in [0, 0.05) is 47.6 Å². The lowest BCUT2D eigenvalue weighted by atomic mass is 9.91. The Hall–Kier alpha value is -3.06. The summed E-state index contributed by atoms with van der Waals surface area (Å²) < 4.78 is 2.17. The number of thiocarbonyl (C=S) groups is 1. The Morgan fingerprint density at radius 3 is 2.44 bits per heavy atom. The number of pyridine rings is 1. The van der Waals surface area contributed by atoms with Crippen LogP contribution in [0.25, 0.3) is 5.69 Å². The van der Waals surface area contributed by atoms with Gasteiger partial charge >= 0.3 is 0 Å². The van der Waals surface area contributed by atoms with Gasteiger partial charge in [0.1, 0.15) is 6.04 Å². The Labute approximate surface area is 245 Å². The van der Waals surface area contributed by atoms with E-state index in [1.807, 2.05) is 42.6 Å². The maximum Gasteiger partial charge on any atom is 0.174 e. The van der Waals surface area contributed by atoms with Gasteiger partial charge in [-0.05, 0) is 91.1 Å². The number of hydrogen-bond acceptors (Lipinski definition) is 3. The van der Waals surface area contributed by atoms with E-state index < -0.39 is 0 Å². The summed E-state index contributed by atoms with van der Waals surface area (Å²) in [7, 11) is 0. The second kappa shape index (κ2) is 10.8. The Bertz CT molecular complexity index is 1480. The van der Waals surface area contributed by atoms with Crippen molar-refractivity contribution in [1.29, 1.82) is 0 Å². The van der Waals surface area contributed by atoms with E-state index in [1.165, 1.54) is 6.42 Å². The quantitative estimate of drug-likeness (QED) is 0.245. The number of benzene rings is 2. The van der Waals surface area contributed by atoms with Gasteiger partial charge in [-0.3, -0.25) is 4.98 Å². The Morgan fingerprint density at radius 2 is 1.72 bits per heavy atom. The highest BCUT2D eigenvalue weighted by Gasteiger charge is 2.42. The summed E-state index contributed by atoms with van der Waals surface area (Å²) in [6, 6.07) is 24.1. The molecule has 0 saturated carbocycles. The summed E-state index contributed by atoms with van der Waals surface area (Å²) in [5, 5.41) is 5.62. The molecule has 2 aliphatic heterocycles. The minimum Gasteiger partial charge on any atom is -0.370 e. The van der Waals surface area contributed by atoms with Crippen molar-refractivity contribution in [3.8, 4) is 5.69 Å². The molecule has 1 N–H and O–H groups in total. The van der Waals surface area contributed by atoms with Crippen LogP contribution in [-0.2, 0) is 0 Å². The molecule has 2 saturated heterocycles. The summed E-state index contributed by atoms with van der Waals surface area (Å²) in [6.07, 6.45) is 5.13. The molecule has 6 rings (SSSR count). The van der Waals surface area contributed by atoms with Crippen LogP contribution in [0.1, 0.15) is 43.7 Å². The molecule has 2 aromatic heterocycles. The van der Waals surface area contributed by atoms with E-state index in [4.69, 9.17) is 40.4 Å². The normalized spacial score (nSPS) is 23.2. The topological polar surface area (TPSA) is 36.3 Å². The monoisotopic (exact) mass is 575 g/mol. The lowest BCUT2D eigenvalue weighted by molar-refractivity contribution is 0.357. The van der Waals surface area contributed by atoms with Gasteiger partial charge in [-0.25, -0.2) is 0 Å². The number of rotatable bonds is 5. The molecule has 0 aliphatic carbocycles. The molecule has 4 atom stereocenters. The smallest absolute Gasteiger partial charge is 0.174 e. The second-order valence-electron chi connectivity index (χ2n) is 10.8. The van der Waals surface area contributed by atoms with Gasteiger partial charge < -0.3 is 19.7 Å². The van der Waals surface area contributed by atoms with Crippen LogP contribution >= 0.6 is 35.4 Å². The fraction of sp³-hybridized carbons (Fsp3) is 0.290. The average Bonchev–Trinajstić information content (AvgIpc) is 3.53. The first kappa shape index (κ1) is 26.2. The Kier molecular flexibility index (Phi) is 7.27. The third-order valence-corrected chi connectivity index (χ3v) is 8.54. The van der Waals surface area contributed by atoms with E-state index in [2.05, 4.69) is 76.1 Å². The van der Waals surface area contributed by atoms with Crippen LogP contribution in [0.2, 0.25) is 10.0 Å². The van der Waals surface area contributed by atoms with Gasteiger partial charge in [0.05, 0.1) is 22.4 Å². The first-order valence-corrected chi connectivity index (χ1v) is 14.5. The van der Waals surface area contributed by atoms with Gasteiger partial charge in [0.2, 0.25) is 0 Å². The van der Waals surface area contributed by atoms with Gasteiger partial charge in [-0.1, -0.05) is 49.2 Å². The average molecular weight is 577 g/mol. The molecule has 0 bridgehead atoms. The fourth-order valence-electron chi connectivity index (χ4n) is 6.19. The van der Waals surface area contributed by atoms with Gasteiger partial charge in [0.15, 0.2) is 5.11 Å². The van der Waals surface area contributed by atoms with Crippen molar-refractivity contribution in [3.05, 3.63) is 107 Å². The molecule has 200 valence electrons. The minimum atomic E-state index is -0.168. The van der Waals surface area contributed by atoms with E-state index in [0.717, 1.165) is 46.6 Å². The fourth-order valence-corrected chi connectivity index (χ4v) is 7.02. The van der Waals surface area contributed by atoms with Crippen LogP contribution in [0.15, 0.2) is 85.2 Å². The molecule has 2 aliphatic rings. The first-order chi connectivity index (χ1) is 18.9. The van der Waals surface area contributed by atoms with Crippen molar-refractivity contribution >= 4 is 51.9 Å². The molecule has 2 fully saturated rings. The summed E-state index contributed by atoms with van der Waals surface area (Å²) >= 11 is 19.3. The van der Waals surface area contributed by atoms with E-state index >= 15 is 0 Å². The molecule has 2 aromatic carbocycles. The predicted molar refractivity (Wildman–Crippen MR) is 165 cm³/mol. The highest BCUT2D eigenvalue weighted by Crippen LogP contribution is 2.44. The van der Waals surface area contributed by atoms with Crippen LogP contribution in [0.4, 0.5) is 11.4 Å². The van der Waals surface area contributed by atoms with Crippen molar-refractivity contribution in [2.45, 2.75) is 32.4 Å². The molecule has 4 heterocycles. The molecule has 4 aromatic rings. The number of hydrogen-bond donors (Lipinski definition) is 1. The van der Waals surface area contributed by atoms with Crippen molar-refractivity contribution in [1.82, 2.24) is 14.9 Å². The number of aromatic nitrogens is 2. The summed E-state index contributed by atoms with van der Waals surface area (Å²) in [4.78, 5) is 9.28. The van der Waals surface area contributed by atoms with Crippen LogP contribution in [-0.4, -0.2) is 27.8 Å². The Morgan fingerprint density at radius 1 is 0.897 bits per heavy atom. The van der Waals surface area contributed by atoms with E-state index in [1.54, 1.807) is 0 Å². The molecule has 0 unspecified atom stereocenters. The SMILES string of the molecule is C[C@@H]1C[C@H](C)CN(c2ccc(N3C(=S)N[C@H](c4ccccn4)[C@@H]3c3cccn3-c3cccc(Cl)c3)cc2Cl)C1. The molecule has 8 heteroatoms. The number of anilines is 2. The van der Waals surface area contributed by atoms with Gasteiger partial charge in [0.25, 0.3) is 0 Å². The highest BCUT2D eigenvalue weighted by atomic mass is 35.5. The van der Waals surface area contributed by atoms with Crippen molar-refractivity contribution in [2.24, 2.45) is 11.8 Å². The number of nitrogens with zero attached hydrogens (tertiary/aromatic N) is 4. The maximum atomic E-state index is 6.99. The lowest BCUT2D eigenvalue weighted by Crippen LogP contribution is -2.38. The molecule has 0 amide bonds. The van der Waals surface area contributed by atoms with Crippen molar-refractivity contribution < 1.29 is 0 Å². The van der Waals surface area contributed by atoms with Crippen molar-refractivity contribution in [2.75, 3.05) is 22.9 Å². The summed E-state index contributed by atoms with van der Waals surface area (Å²) in [5.41, 5.74) is 5.00. The Balaban J connectivity index is 1.43. The first-order valence-electron chi connectivity index (χ1n) is 13.4. The van der Waals surface area contributed by atoms with E-state index in [9.17, 15) is 0 Å². The molecular weight excluding hydrogens is 545 g/mol. The molecule has 0 radical (unpaired) electrons. The molecule has 5 nitrogen and oxygen atoms in total. The minimum absolute atomic E-state index is 0.159. The largest absolute Gasteiger partial charge is 0.370 e. The molecular formula is C31H31Cl2N5S. The summed E-state index contributed by atoms with van der Waals surface area (Å²) in [5.74, 6) is 1.28. The second-order valence-corrected chi connectivity index (χ2v) is 12.0. The highest BCUT2D eigenvalue weighted by molar-refractivity contribution is 7.80. The zero-order chi connectivity index (χ0) is 27.1. The van der Waals surface area contributed by atoms with Crippen LogP contribution < -0.4 is 15.1 Å². The third kappa shape index (κ3) is 5.13. The predicted octanol–water partition coefficient (Wildman–Crippen LogP) is 7.84. The summed E-state index contributed by atoms with van der Waals surface area (Å²) in [6.45, 7) is 6.67. The van der Waals surface area contributed by atoms with Gasteiger partial charge in [-0.15, -0.1) is 0 Å². The van der Waals surface area contributed by atoms with E-state index in [-0.39, 0.29) is 12.1 Å². The zero-order valence-corrected chi connectivity index (χ0v) is 24.3. The zero-order valence-electron chi connectivity index (χ0n) is 22.0. The van der Waals surface area contributed by atoms with Crippen LogP contribution in [0.3, 0.4) is 0 Å². The van der Waals surface area contributed by atoms with Crippen molar-refractivity contribution in [3.63, 3.8) is 0 Å². The van der Waals surface area contributed by atoms with Crippen LogP contribution in [0, 0.1) is 11.8 Å². The van der Waals surface area contributed by atoms with E-state index in [0.29, 0.717) is 22.0 Å². The molecule has 0 spiro atoms. The molecule has 39 heavy (non-hydrogen) atoms. The number of nitrogens with one attached hydrogen (secondary N) is 1. The van der Waals surface area contributed by atoms with Gasteiger partial charge in [-0.2, -0.15) is 0 Å². The number of halogens is 2. The lowest BCUT2D eigenvalue weighted by Gasteiger charge is -2.37. The van der Waals surface area contributed by atoms with Crippen LogP contribution in [0.5, 0.6) is 0 Å². The standard InChI is InChI=1S/C31H31Cl2N5S/c1-20-15-21(2)19-36(18-20)27-12-11-24(17-25(27)33)38-30(29(35-31(38)39)26-9-3-4-13-34-26)28-10-6-14-37(28)23-8-5-7-22(32)16-23/h3-14,16-17,20-21,29-30H,15,18-19H2,1-2H3,(H,35,39)/t20-,21+,29-,30+/m1/s1. The number of piperidine rings is 1. The maximum absolute atomic E-state index is 6.99. The third-order valence-electron chi connectivity index (χ3n) is 7.69.